The van der Waals surface area contributed by atoms with E-state index in [1.54, 1.807) is 0 Å². The van der Waals surface area contributed by atoms with Crippen molar-refractivity contribution in [3.05, 3.63) is 34.7 Å². The number of aliphatic hydroxyl groups is 2. The number of piperazine rings is 1. The summed E-state index contributed by atoms with van der Waals surface area (Å²) in [5.41, 5.74) is -1.92. The van der Waals surface area contributed by atoms with Crippen LogP contribution in [0.5, 0.6) is 0 Å². The van der Waals surface area contributed by atoms with E-state index in [0.717, 1.165) is 6.21 Å². The smallest absolute Gasteiger partial charge is 0.343 e. The van der Waals surface area contributed by atoms with Gasteiger partial charge in [-0.15, -0.1) is 0 Å². The van der Waals surface area contributed by atoms with Crippen LogP contribution in [0.4, 0.5) is 18.9 Å². The fourth-order valence-corrected chi connectivity index (χ4v) is 2.89. The molecule has 1 aromatic carbocycles. The number of halogens is 3. The van der Waals surface area contributed by atoms with Gasteiger partial charge in [0, 0.05) is 32.4 Å². The molecule has 0 aromatic heterocycles. The molecule has 2 N–H and O–H groups in total. The molecule has 166 valence electrons. The van der Waals surface area contributed by atoms with Crippen molar-refractivity contribution in [2.75, 3.05) is 51.3 Å². The van der Waals surface area contributed by atoms with Crippen LogP contribution in [0, 0.1) is 17.5 Å². The third-order valence-electron chi connectivity index (χ3n) is 4.68. The molecule has 1 saturated heterocycles. The Labute approximate surface area is 173 Å². The van der Waals surface area contributed by atoms with Gasteiger partial charge >= 0.3 is 5.97 Å². The molecule has 0 amide bonds. The van der Waals surface area contributed by atoms with Gasteiger partial charge < -0.3 is 24.7 Å². The quantitative estimate of drug-likeness (QED) is 0.227. The van der Waals surface area contributed by atoms with Crippen molar-refractivity contribution in [3.63, 3.8) is 0 Å². The Morgan fingerprint density at radius 3 is 2.47 bits per heavy atom. The highest BCUT2D eigenvalue weighted by Crippen LogP contribution is 2.32. The number of carbonyl (C=O) groups is 1. The van der Waals surface area contributed by atoms with E-state index in [9.17, 15) is 23.1 Å². The molecule has 0 spiro atoms. The Hall–Kier alpha value is -2.59. The molecule has 1 aliphatic rings. The average molecular weight is 429 g/mol. The second-order valence-electron chi connectivity index (χ2n) is 6.97. The fourth-order valence-electron chi connectivity index (χ4n) is 2.89. The number of ether oxygens (including phenoxy) is 1. The van der Waals surface area contributed by atoms with Crippen molar-refractivity contribution in [2.45, 2.75) is 19.9 Å². The summed E-state index contributed by atoms with van der Waals surface area (Å²) in [6, 6.07) is 0.0179. The molecule has 30 heavy (non-hydrogen) atoms. The average Bonchev–Trinajstić information content (AvgIpc) is 2.72. The zero-order valence-electron chi connectivity index (χ0n) is 17.2. The molecule has 1 aromatic rings. The SMILES string of the molecule is CCOC(=O)C(C=N[C@@H](C)CO)=C(O)c1cc(F)c(N2CCN(C)CC2)c(F)c1F. The predicted molar refractivity (Wildman–Crippen MR) is 107 cm³/mol. The van der Waals surface area contributed by atoms with E-state index in [-0.39, 0.29) is 13.2 Å². The molecule has 1 atom stereocenters. The van der Waals surface area contributed by atoms with Crippen LogP contribution in [0.25, 0.3) is 5.76 Å². The van der Waals surface area contributed by atoms with Crippen LogP contribution in [-0.4, -0.2) is 79.8 Å². The minimum Gasteiger partial charge on any atom is -0.506 e. The van der Waals surface area contributed by atoms with Crippen LogP contribution >= 0.6 is 0 Å². The number of aliphatic imine (C=N–C) groups is 1. The first-order valence-electron chi connectivity index (χ1n) is 9.56. The first-order valence-corrected chi connectivity index (χ1v) is 9.56. The molecule has 1 fully saturated rings. The first kappa shape index (κ1) is 23.7. The molecule has 0 aliphatic carbocycles. The second-order valence-corrected chi connectivity index (χ2v) is 6.97. The Kier molecular flexibility index (Phi) is 8.24. The summed E-state index contributed by atoms with van der Waals surface area (Å²) in [6.45, 7) is 4.39. The van der Waals surface area contributed by atoms with Crippen LogP contribution in [0.15, 0.2) is 16.6 Å². The van der Waals surface area contributed by atoms with E-state index < -0.39 is 52.0 Å². The molecule has 1 heterocycles. The Bertz CT molecular complexity index is 837. The summed E-state index contributed by atoms with van der Waals surface area (Å²) in [6.07, 6.45) is 0.887. The highest BCUT2D eigenvalue weighted by atomic mass is 19.2. The van der Waals surface area contributed by atoms with Gasteiger partial charge in [-0.25, -0.2) is 18.0 Å². The predicted octanol–water partition coefficient (Wildman–Crippen LogP) is 2.14. The van der Waals surface area contributed by atoms with Crippen molar-refractivity contribution in [1.29, 1.82) is 0 Å². The largest absolute Gasteiger partial charge is 0.506 e. The van der Waals surface area contributed by atoms with Crippen molar-refractivity contribution >= 4 is 23.6 Å². The zero-order valence-corrected chi connectivity index (χ0v) is 17.2. The van der Waals surface area contributed by atoms with Crippen molar-refractivity contribution in [2.24, 2.45) is 4.99 Å². The number of hydrogen-bond donors (Lipinski definition) is 2. The summed E-state index contributed by atoms with van der Waals surface area (Å²) >= 11 is 0. The number of likely N-dealkylation sites (N-methyl/N-ethyl adjacent to an activating group) is 1. The fraction of sp³-hybridized carbons (Fsp3) is 0.500. The van der Waals surface area contributed by atoms with E-state index in [1.807, 2.05) is 11.9 Å². The molecule has 7 nitrogen and oxygen atoms in total. The second kappa shape index (κ2) is 10.4. The van der Waals surface area contributed by atoms with Crippen molar-refractivity contribution in [1.82, 2.24) is 4.90 Å². The van der Waals surface area contributed by atoms with Gasteiger partial charge in [-0.3, -0.25) is 4.99 Å². The molecule has 1 aliphatic heterocycles. The van der Waals surface area contributed by atoms with Gasteiger partial charge in [0.2, 0.25) is 0 Å². The lowest BCUT2D eigenvalue weighted by molar-refractivity contribution is -0.137. The summed E-state index contributed by atoms with van der Waals surface area (Å²) < 4.78 is 49.1. The number of aliphatic hydroxyl groups excluding tert-OH is 2. The van der Waals surface area contributed by atoms with Gasteiger partial charge in [0.15, 0.2) is 11.6 Å². The lowest BCUT2D eigenvalue weighted by Crippen LogP contribution is -2.45. The highest BCUT2D eigenvalue weighted by Gasteiger charge is 2.28. The van der Waals surface area contributed by atoms with Gasteiger partial charge in [-0.05, 0) is 27.0 Å². The maximum Gasteiger partial charge on any atom is 0.343 e. The van der Waals surface area contributed by atoms with Crippen LogP contribution in [0.1, 0.15) is 19.4 Å². The minimum absolute atomic E-state index is 0.0491. The normalized spacial score (nSPS) is 17.2. The number of benzene rings is 1. The summed E-state index contributed by atoms with van der Waals surface area (Å²) in [5, 5.41) is 19.5. The van der Waals surface area contributed by atoms with E-state index in [1.165, 1.54) is 18.7 Å². The van der Waals surface area contributed by atoms with Gasteiger partial charge in [-0.1, -0.05) is 0 Å². The summed E-state index contributed by atoms with van der Waals surface area (Å²) in [4.78, 5) is 19.4. The number of rotatable bonds is 7. The number of hydrogen-bond acceptors (Lipinski definition) is 7. The van der Waals surface area contributed by atoms with Gasteiger partial charge in [0.1, 0.15) is 22.8 Å². The highest BCUT2D eigenvalue weighted by molar-refractivity contribution is 6.15. The topological polar surface area (TPSA) is 85.6 Å². The molecule has 0 unspecified atom stereocenters. The van der Waals surface area contributed by atoms with E-state index in [2.05, 4.69) is 4.99 Å². The van der Waals surface area contributed by atoms with Crippen LogP contribution in [0.3, 0.4) is 0 Å². The maximum absolute atomic E-state index is 14.8. The summed E-state index contributed by atoms with van der Waals surface area (Å²) in [7, 11) is 1.87. The standard InChI is InChI=1S/C20H26F3N3O4/c1-4-30-20(29)14(10-24-12(2)11-27)19(28)13-9-15(21)18(17(23)16(13)22)26-7-5-25(3)6-8-26/h9-10,12,27-28H,4-8,11H2,1-3H3/t12-/m0/s1. The van der Waals surface area contributed by atoms with Crippen LogP contribution in [-0.2, 0) is 9.53 Å². The van der Waals surface area contributed by atoms with Crippen LogP contribution in [0.2, 0.25) is 0 Å². The molecule has 0 radical (unpaired) electrons. The number of carbonyl (C=O) groups excluding carboxylic acids is 1. The first-order chi connectivity index (χ1) is 14.2. The van der Waals surface area contributed by atoms with Crippen LogP contribution < -0.4 is 4.90 Å². The third-order valence-corrected chi connectivity index (χ3v) is 4.68. The van der Waals surface area contributed by atoms with Crippen molar-refractivity contribution < 1.29 is 32.9 Å². The monoisotopic (exact) mass is 429 g/mol. The third kappa shape index (κ3) is 5.31. The Balaban J connectivity index is 2.53. The van der Waals surface area contributed by atoms with Crippen molar-refractivity contribution in [3.8, 4) is 0 Å². The molecule has 0 saturated carbocycles. The van der Waals surface area contributed by atoms with Gasteiger partial charge in [0.25, 0.3) is 0 Å². The number of esters is 1. The molecule has 0 bridgehead atoms. The molecule has 2 rings (SSSR count). The van der Waals surface area contributed by atoms with E-state index in [0.29, 0.717) is 32.2 Å². The van der Waals surface area contributed by atoms with Gasteiger partial charge in [0.05, 0.1) is 24.8 Å². The zero-order chi connectivity index (χ0) is 22.4. The molecule has 10 heteroatoms. The lowest BCUT2D eigenvalue weighted by Gasteiger charge is -2.34. The molecular formula is C20H26F3N3O4. The maximum atomic E-state index is 14.8. The Morgan fingerprint density at radius 2 is 1.90 bits per heavy atom. The number of anilines is 1. The van der Waals surface area contributed by atoms with E-state index >= 15 is 0 Å². The Morgan fingerprint density at radius 1 is 1.27 bits per heavy atom. The van der Waals surface area contributed by atoms with E-state index in [4.69, 9.17) is 9.84 Å². The molecular weight excluding hydrogens is 403 g/mol. The number of nitrogens with zero attached hydrogens (tertiary/aromatic N) is 3. The summed E-state index contributed by atoms with van der Waals surface area (Å²) in [5.74, 6) is -6.07. The lowest BCUT2D eigenvalue weighted by atomic mass is 10.1. The van der Waals surface area contributed by atoms with Gasteiger partial charge in [-0.2, -0.15) is 0 Å². The minimum atomic E-state index is -1.49.